The van der Waals surface area contributed by atoms with E-state index in [4.69, 9.17) is 9.47 Å². The first kappa shape index (κ1) is 25.1. The molecular formula is C27H26N2O6S. The second-order valence-corrected chi connectivity index (χ2v) is 9.16. The Hall–Kier alpha value is -3.98. The van der Waals surface area contributed by atoms with Gasteiger partial charge < -0.3 is 14.2 Å². The van der Waals surface area contributed by atoms with Gasteiger partial charge in [0, 0.05) is 0 Å². The predicted molar refractivity (Wildman–Crippen MR) is 136 cm³/mol. The summed E-state index contributed by atoms with van der Waals surface area (Å²) in [5.74, 6) is -0.449. The number of ether oxygens (including phenoxy) is 3. The zero-order valence-electron chi connectivity index (χ0n) is 20.4. The van der Waals surface area contributed by atoms with Gasteiger partial charge in [-0.1, -0.05) is 53.3 Å². The predicted octanol–water partition coefficient (Wildman–Crippen LogP) is 2.66. The topological polar surface area (TPSA) is 96.2 Å². The van der Waals surface area contributed by atoms with E-state index in [-0.39, 0.29) is 18.8 Å². The van der Waals surface area contributed by atoms with Crippen LogP contribution in [0.5, 0.6) is 5.75 Å². The highest BCUT2D eigenvalue weighted by atomic mass is 32.1. The first-order valence-electron chi connectivity index (χ1n) is 11.4. The maximum Gasteiger partial charge on any atom is 0.343 e. The van der Waals surface area contributed by atoms with E-state index in [9.17, 15) is 14.4 Å². The Balaban J connectivity index is 1.77. The number of carbonyl (C=O) groups is 2. The van der Waals surface area contributed by atoms with Crippen molar-refractivity contribution in [1.29, 1.82) is 0 Å². The highest BCUT2D eigenvalue weighted by molar-refractivity contribution is 7.07. The molecule has 0 bridgehead atoms. The molecule has 0 saturated carbocycles. The number of aryl methyl sites for hydroxylation is 1. The molecule has 186 valence electrons. The van der Waals surface area contributed by atoms with Crippen molar-refractivity contribution in [2.75, 3.05) is 20.3 Å². The SMILES string of the molecule is CCOC(=O)C1=C(C)N=c2s/c(=C\c3ccc(OCC(=O)OC)cc3)c(=O)n2C1c1ccc(C)cc1. The number of carbonyl (C=O) groups excluding carboxylic acids is 2. The van der Waals surface area contributed by atoms with Gasteiger partial charge in [0.05, 0.1) is 35.6 Å². The van der Waals surface area contributed by atoms with Crippen LogP contribution in [-0.2, 0) is 19.1 Å². The van der Waals surface area contributed by atoms with Crippen LogP contribution in [0.3, 0.4) is 0 Å². The van der Waals surface area contributed by atoms with Crippen molar-refractivity contribution >= 4 is 29.4 Å². The lowest BCUT2D eigenvalue weighted by Crippen LogP contribution is -2.39. The normalized spacial score (nSPS) is 15.2. The largest absolute Gasteiger partial charge is 0.482 e. The first-order chi connectivity index (χ1) is 17.3. The average Bonchev–Trinajstić information content (AvgIpc) is 3.17. The van der Waals surface area contributed by atoms with Gasteiger partial charge in [0.15, 0.2) is 11.4 Å². The van der Waals surface area contributed by atoms with Gasteiger partial charge in [-0.3, -0.25) is 9.36 Å². The molecule has 0 N–H and O–H groups in total. The summed E-state index contributed by atoms with van der Waals surface area (Å²) in [5, 5.41) is 0. The fourth-order valence-corrected chi connectivity index (χ4v) is 4.92. The lowest BCUT2D eigenvalue weighted by molar-refractivity contribution is -0.143. The molecule has 0 aliphatic carbocycles. The van der Waals surface area contributed by atoms with Gasteiger partial charge in [-0.05, 0) is 50.1 Å². The number of benzene rings is 2. The number of hydrogen-bond donors (Lipinski definition) is 0. The summed E-state index contributed by atoms with van der Waals surface area (Å²) in [6, 6.07) is 14.1. The van der Waals surface area contributed by atoms with Crippen LogP contribution in [0.2, 0.25) is 0 Å². The monoisotopic (exact) mass is 506 g/mol. The summed E-state index contributed by atoms with van der Waals surface area (Å²) < 4.78 is 17.3. The number of allylic oxidation sites excluding steroid dienone is 1. The van der Waals surface area contributed by atoms with Crippen LogP contribution in [0.15, 0.2) is 69.6 Å². The third-order valence-corrected chi connectivity index (χ3v) is 6.66. The number of aromatic nitrogens is 1. The Kier molecular flexibility index (Phi) is 7.49. The van der Waals surface area contributed by atoms with Gasteiger partial charge in [0.1, 0.15) is 5.75 Å². The fraction of sp³-hybridized carbons (Fsp3) is 0.259. The molecule has 1 atom stereocenters. The quantitative estimate of drug-likeness (QED) is 0.457. The van der Waals surface area contributed by atoms with E-state index in [2.05, 4.69) is 9.73 Å². The number of methoxy groups -OCH3 is 1. The summed E-state index contributed by atoms with van der Waals surface area (Å²) in [7, 11) is 1.30. The first-order valence-corrected chi connectivity index (χ1v) is 12.2. The molecule has 1 aromatic heterocycles. The van der Waals surface area contributed by atoms with Crippen molar-refractivity contribution in [3.05, 3.63) is 96.2 Å². The van der Waals surface area contributed by atoms with Gasteiger partial charge in [-0.15, -0.1) is 0 Å². The van der Waals surface area contributed by atoms with Crippen LogP contribution < -0.4 is 19.6 Å². The molecule has 2 aromatic carbocycles. The number of esters is 2. The van der Waals surface area contributed by atoms with Gasteiger partial charge in [-0.2, -0.15) is 0 Å². The molecule has 0 amide bonds. The standard InChI is InChI=1S/C27H26N2O6S/c1-5-34-26(32)23-17(3)28-27-29(24(23)19-10-6-16(2)7-11-19)25(31)21(36-27)14-18-8-12-20(13-9-18)35-15-22(30)33-4/h6-14,24H,5,15H2,1-4H3/b21-14-. The van der Waals surface area contributed by atoms with Crippen molar-refractivity contribution in [3.8, 4) is 5.75 Å². The van der Waals surface area contributed by atoms with Crippen molar-refractivity contribution in [1.82, 2.24) is 4.57 Å². The molecular weight excluding hydrogens is 480 g/mol. The molecule has 2 heterocycles. The van der Waals surface area contributed by atoms with Crippen molar-refractivity contribution in [2.24, 2.45) is 4.99 Å². The average molecular weight is 507 g/mol. The second kappa shape index (κ2) is 10.7. The Morgan fingerprint density at radius 3 is 2.42 bits per heavy atom. The number of fused-ring (bicyclic) bond motifs is 1. The molecule has 0 spiro atoms. The molecule has 1 unspecified atom stereocenters. The van der Waals surface area contributed by atoms with E-state index in [0.717, 1.165) is 16.7 Å². The van der Waals surface area contributed by atoms with E-state index < -0.39 is 18.0 Å². The minimum absolute atomic E-state index is 0.185. The molecule has 0 saturated heterocycles. The lowest BCUT2D eigenvalue weighted by atomic mass is 9.95. The van der Waals surface area contributed by atoms with Gasteiger partial charge in [-0.25, -0.2) is 14.6 Å². The smallest absolute Gasteiger partial charge is 0.343 e. The molecule has 0 radical (unpaired) electrons. The summed E-state index contributed by atoms with van der Waals surface area (Å²) in [4.78, 5) is 42.9. The van der Waals surface area contributed by atoms with E-state index in [1.54, 1.807) is 48.8 Å². The molecule has 36 heavy (non-hydrogen) atoms. The van der Waals surface area contributed by atoms with Gasteiger partial charge in [0.2, 0.25) is 0 Å². The van der Waals surface area contributed by atoms with E-state index in [1.807, 2.05) is 31.2 Å². The van der Waals surface area contributed by atoms with Crippen LogP contribution in [0, 0.1) is 6.92 Å². The summed E-state index contributed by atoms with van der Waals surface area (Å²) >= 11 is 1.26. The number of thiazole rings is 1. The molecule has 4 rings (SSSR count). The van der Waals surface area contributed by atoms with Crippen molar-refractivity contribution in [3.63, 3.8) is 0 Å². The van der Waals surface area contributed by atoms with E-state index in [1.165, 1.54) is 18.4 Å². The molecule has 9 heteroatoms. The number of rotatable bonds is 7. The zero-order chi connectivity index (χ0) is 25.8. The highest BCUT2D eigenvalue weighted by Gasteiger charge is 2.33. The molecule has 1 aliphatic heterocycles. The summed E-state index contributed by atoms with van der Waals surface area (Å²) in [6.45, 7) is 5.52. The molecule has 0 fully saturated rings. The highest BCUT2D eigenvalue weighted by Crippen LogP contribution is 2.30. The van der Waals surface area contributed by atoms with Crippen LogP contribution in [-0.4, -0.2) is 36.8 Å². The van der Waals surface area contributed by atoms with Crippen molar-refractivity contribution < 1.29 is 23.8 Å². The molecule has 8 nitrogen and oxygen atoms in total. The van der Waals surface area contributed by atoms with Gasteiger partial charge in [0.25, 0.3) is 5.56 Å². The number of hydrogen-bond acceptors (Lipinski definition) is 8. The Morgan fingerprint density at radius 1 is 1.08 bits per heavy atom. The lowest BCUT2D eigenvalue weighted by Gasteiger charge is -2.24. The number of nitrogens with zero attached hydrogens (tertiary/aromatic N) is 2. The Morgan fingerprint density at radius 2 is 1.78 bits per heavy atom. The van der Waals surface area contributed by atoms with Crippen LogP contribution in [0.25, 0.3) is 6.08 Å². The van der Waals surface area contributed by atoms with Crippen LogP contribution in [0.1, 0.15) is 36.6 Å². The minimum Gasteiger partial charge on any atom is -0.482 e. The maximum atomic E-state index is 13.6. The molecule has 1 aliphatic rings. The Bertz CT molecular complexity index is 1500. The third-order valence-electron chi connectivity index (χ3n) is 5.67. The minimum atomic E-state index is -0.642. The third kappa shape index (κ3) is 5.16. The summed E-state index contributed by atoms with van der Waals surface area (Å²) in [5.41, 5.74) is 3.29. The van der Waals surface area contributed by atoms with Crippen LogP contribution in [0.4, 0.5) is 0 Å². The zero-order valence-corrected chi connectivity index (χ0v) is 21.3. The Labute approximate surface area is 211 Å². The van der Waals surface area contributed by atoms with Crippen LogP contribution >= 0.6 is 11.3 Å². The van der Waals surface area contributed by atoms with Gasteiger partial charge >= 0.3 is 11.9 Å². The van der Waals surface area contributed by atoms with E-state index >= 15 is 0 Å². The van der Waals surface area contributed by atoms with E-state index in [0.29, 0.717) is 26.4 Å². The second-order valence-electron chi connectivity index (χ2n) is 8.15. The maximum absolute atomic E-state index is 13.6. The molecule has 3 aromatic rings. The van der Waals surface area contributed by atoms with Crippen molar-refractivity contribution in [2.45, 2.75) is 26.8 Å². The summed E-state index contributed by atoms with van der Waals surface area (Å²) in [6.07, 6.45) is 1.77. The fourth-order valence-electron chi connectivity index (χ4n) is 3.87.